The van der Waals surface area contributed by atoms with Crippen LogP contribution in [-0.2, 0) is 4.74 Å². The summed E-state index contributed by atoms with van der Waals surface area (Å²) < 4.78 is 5.16. The Morgan fingerprint density at radius 1 is 1.29 bits per heavy atom. The standard InChI is InChI=1S/C11H25NO2/c1-9(2)11(8-14-4)12-10(3)6-5-7-13/h9-13H,5-8H2,1-4H3. The van der Waals surface area contributed by atoms with Crippen LogP contribution in [-0.4, -0.2) is 37.5 Å². The molecule has 2 N–H and O–H groups in total. The van der Waals surface area contributed by atoms with Crippen LogP contribution in [0.3, 0.4) is 0 Å². The average molecular weight is 203 g/mol. The first kappa shape index (κ1) is 13.9. The number of hydrogen-bond acceptors (Lipinski definition) is 3. The van der Waals surface area contributed by atoms with Crippen LogP contribution in [0, 0.1) is 5.92 Å². The molecule has 0 aliphatic carbocycles. The molecule has 0 aliphatic heterocycles. The maximum absolute atomic E-state index is 8.71. The Labute approximate surface area is 87.8 Å². The lowest BCUT2D eigenvalue weighted by atomic mass is 10.0. The molecular weight excluding hydrogens is 178 g/mol. The highest BCUT2D eigenvalue weighted by Gasteiger charge is 2.14. The van der Waals surface area contributed by atoms with Crippen LogP contribution in [0.15, 0.2) is 0 Å². The first-order valence-electron chi connectivity index (χ1n) is 5.47. The Kier molecular flexibility index (Phi) is 8.14. The molecule has 3 nitrogen and oxygen atoms in total. The van der Waals surface area contributed by atoms with Gasteiger partial charge < -0.3 is 15.2 Å². The first-order chi connectivity index (χ1) is 6.61. The van der Waals surface area contributed by atoms with Crippen molar-refractivity contribution < 1.29 is 9.84 Å². The normalized spacial score (nSPS) is 15.9. The van der Waals surface area contributed by atoms with Crippen molar-refractivity contribution in [2.45, 2.75) is 45.7 Å². The van der Waals surface area contributed by atoms with Crippen molar-refractivity contribution in [2.75, 3.05) is 20.3 Å². The van der Waals surface area contributed by atoms with Gasteiger partial charge in [0.1, 0.15) is 0 Å². The molecule has 2 atom stereocenters. The quantitative estimate of drug-likeness (QED) is 0.626. The molecular formula is C11H25NO2. The average Bonchev–Trinajstić information content (AvgIpc) is 2.14. The van der Waals surface area contributed by atoms with E-state index in [1.165, 1.54) is 0 Å². The van der Waals surface area contributed by atoms with Crippen LogP contribution in [0.5, 0.6) is 0 Å². The van der Waals surface area contributed by atoms with Crippen molar-refractivity contribution >= 4 is 0 Å². The van der Waals surface area contributed by atoms with Crippen LogP contribution >= 0.6 is 0 Å². The van der Waals surface area contributed by atoms with Gasteiger partial charge in [0.15, 0.2) is 0 Å². The summed E-state index contributed by atoms with van der Waals surface area (Å²) in [5, 5.41) is 12.2. The van der Waals surface area contributed by atoms with Gasteiger partial charge in [-0.05, 0) is 25.7 Å². The van der Waals surface area contributed by atoms with E-state index in [-0.39, 0.29) is 6.61 Å². The number of ether oxygens (including phenoxy) is 1. The monoisotopic (exact) mass is 203 g/mol. The second-order valence-corrected chi connectivity index (χ2v) is 4.24. The molecule has 86 valence electrons. The molecule has 3 heteroatoms. The van der Waals surface area contributed by atoms with E-state index in [4.69, 9.17) is 9.84 Å². The molecule has 0 aromatic heterocycles. The van der Waals surface area contributed by atoms with Crippen LogP contribution < -0.4 is 5.32 Å². The van der Waals surface area contributed by atoms with Gasteiger partial charge in [0.05, 0.1) is 6.61 Å². The molecule has 0 aliphatic rings. The summed E-state index contributed by atoms with van der Waals surface area (Å²) in [5.41, 5.74) is 0. The lowest BCUT2D eigenvalue weighted by Gasteiger charge is -2.25. The molecule has 2 unspecified atom stereocenters. The van der Waals surface area contributed by atoms with Crippen LogP contribution in [0.2, 0.25) is 0 Å². The molecule has 0 radical (unpaired) electrons. The lowest BCUT2D eigenvalue weighted by molar-refractivity contribution is 0.139. The van der Waals surface area contributed by atoms with Gasteiger partial charge in [0.25, 0.3) is 0 Å². The zero-order valence-electron chi connectivity index (χ0n) is 9.92. The third-order valence-electron chi connectivity index (χ3n) is 2.44. The third kappa shape index (κ3) is 6.35. The van der Waals surface area contributed by atoms with Gasteiger partial charge in [-0.1, -0.05) is 13.8 Å². The Hall–Kier alpha value is -0.120. The van der Waals surface area contributed by atoms with E-state index in [1.54, 1.807) is 7.11 Å². The van der Waals surface area contributed by atoms with Gasteiger partial charge in [0.2, 0.25) is 0 Å². The molecule has 0 saturated heterocycles. The third-order valence-corrected chi connectivity index (χ3v) is 2.44. The summed E-state index contributed by atoms with van der Waals surface area (Å²) in [4.78, 5) is 0. The van der Waals surface area contributed by atoms with E-state index < -0.39 is 0 Å². The summed E-state index contributed by atoms with van der Waals surface area (Å²) in [7, 11) is 1.73. The largest absolute Gasteiger partial charge is 0.396 e. The zero-order chi connectivity index (χ0) is 11.0. The van der Waals surface area contributed by atoms with Gasteiger partial charge in [-0.2, -0.15) is 0 Å². The number of rotatable bonds is 8. The SMILES string of the molecule is COCC(NC(C)CCCO)C(C)C. The zero-order valence-corrected chi connectivity index (χ0v) is 9.92. The Morgan fingerprint density at radius 3 is 2.36 bits per heavy atom. The van der Waals surface area contributed by atoms with Crippen molar-refractivity contribution in [1.82, 2.24) is 5.32 Å². The summed E-state index contributed by atoms with van der Waals surface area (Å²) in [6, 6.07) is 0.860. The van der Waals surface area contributed by atoms with E-state index in [1.807, 2.05) is 0 Å². The molecule has 0 aromatic carbocycles. The summed E-state index contributed by atoms with van der Waals surface area (Å²) >= 11 is 0. The minimum absolute atomic E-state index is 0.280. The molecule has 0 heterocycles. The Balaban J connectivity index is 3.77. The van der Waals surface area contributed by atoms with Crippen molar-refractivity contribution in [3.05, 3.63) is 0 Å². The predicted octanol–water partition coefficient (Wildman–Crippen LogP) is 1.41. The number of nitrogens with one attached hydrogen (secondary N) is 1. The molecule has 0 fully saturated rings. The smallest absolute Gasteiger partial charge is 0.0618 e. The van der Waals surface area contributed by atoms with Crippen LogP contribution in [0.1, 0.15) is 33.6 Å². The summed E-state index contributed by atoms with van der Waals surface area (Å²) in [5.74, 6) is 0.575. The highest BCUT2D eigenvalue weighted by Crippen LogP contribution is 2.05. The fraction of sp³-hybridized carbons (Fsp3) is 1.00. The van der Waals surface area contributed by atoms with Crippen LogP contribution in [0.4, 0.5) is 0 Å². The fourth-order valence-corrected chi connectivity index (χ4v) is 1.46. The van der Waals surface area contributed by atoms with E-state index >= 15 is 0 Å². The van der Waals surface area contributed by atoms with Gasteiger partial charge >= 0.3 is 0 Å². The summed E-state index contributed by atoms with van der Waals surface area (Å²) in [6.07, 6.45) is 1.88. The lowest BCUT2D eigenvalue weighted by Crippen LogP contribution is -2.42. The van der Waals surface area contributed by atoms with Crippen molar-refractivity contribution in [3.8, 4) is 0 Å². The van der Waals surface area contributed by atoms with Crippen molar-refractivity contribution in [3.63, 3.8) is 0 Å². The van der Waals surface area contributed by atoms with E-state index in [0.717, 1.165) is 19.4 Å². The molecule has 0 saturated carbocycles. The molecule has 0 bridgehead atoms. The highest BCUT2D eigenvalue weighted by molar-refractivity contribution is 4.73. The predicted molar refractivity (Wildman–Crippen MR) is 59.4 cm³/mol. The number of hydrogen-bond donors (Lipinski definition) is 2. The van der Waals surface area contributed by atoms with E-state index in [0.29, 0.717) is 18.0 Å². The van der Waals surface area contributed by atoms with Gasteiger partial charge in [-0.3, -0.25) is 0 Å². The number of methoxy groups -OCH3 is 1. The van der Waals surface area contributed by atoms with Crippen molar-refractivity contribution in [1.29, 1.82) is 0 Å². The second-order valence-electron chi connectivity index (χ2n) is 4.24. The number of aliphatic hydroxyl groups is 1. The van der Waals surface area contributed by atoms with E-state index in [9.17, 15) is 0 Å². The summed E-state index contributed by atoms with van der Waals surface area (Å²) in [6.45, 7) is 7.56. The minimum atomic E-state index is 0.280. The Bertz CT molecular complexity index is 128. The van der Waals surface area contributed by atoms with E-state index in [2.05, 4.69) is 26.1 Å². The van der Waals surface area contributed by atoms with Crippen LogP contribution in [0.25, 0.3) is 0 Å². The second kappa shape index (κ2) is 8.21. The molecule has 0 amide bonds. The Morgan fingerprint density at radius 2 is 1.93 bits per heavy atom. The molecule has 0 aromatic rings. The molecule has 0 rings (SSSR count). The van der Waals surface area contributed by atoms with Gasteiger partial charge in [-0.15, -0.1) is 0 Å². The fourth-order valence-electron chi connectivity index (χ4n) is 1.46. The molecule has 0 spiro atoms. The van der Waals surface area contributed by atoms with Gasteiger partial charge in [-0.25, -0.2) is 0 Å². The molecule has 14 heavy (non-hydrogen) atoms. The maximum Gasteiger partial charge on any atom is 0.0618 e. The highest BCUT2D eigenvalue weighted by atomic mass is 16.5. The minimum Gasteiger partial charge on any atom is -0.396 e. The van der Waals surface area contributed by atoms with Gasteiger partial charge in [0, 0.05) is 25.8 Å². The van der Waals surface area contributed by atoms with Crippen molar-refractivity contribution in [2.24, 2.45) is 5.92 Å². The topological polar surface area (TPSA) is 41.5 Å². The first-order valence-corrected chi connectivity index (χ1v) is 5.47. The maximum atomic E-state index is 8.71. The number of aliphatic hydroxyl groups excluding tert-OH is 1.